The smallest absolute Gasteiger partial charge is 0.243 e. The molecule has 1 N–H and O–H groups in total. The second kappa shape index (κ2) is 8.02. The third-order valence-electron chi connectivity index (χ3n) is 4.18. The number of sulfonamides is 1. The van der Waals surface area contributed by atoms with E-state index in [0.717, 1.165) is 25.0 Å². The minimum atomic E-state index is -3.88. The van der Waals surface area contributed by atoms with Crippen LogP contribution in [0.2, 0.25) is 0 Å². The molecule has 0 aliphatic carbocycles. The lowest BCUT2D eigenvalue weighted by atomic mass is 9.97. The van der Waals surface area contributed by atoms with Gasteiger partial charge in [0.25, 0.3) is 0 Å². The van der Waals surface area contributed by atoms with E-state index in [9.17, 15) is 22.0 Å². The van der Waals surface area contributed by atoms with Crippen molar-refractivity contribution in [3.05, 3.63) is 29.8 Å². The fourth-order valence-corrected chi connectivity index (χ4v) is 4.16. The molecule has 0 spiro atoms. The Kier molecular flexibility index (Phi) is 6.28. The Bertz CT molecular complexity index is 687. The molecule has 0 radical (unpaired) electrons. The van der Waals surface area contributed by atoms with Gasteiger partial charge in [-0.25, -0.2) is 17.2 Å². The Morgan fingerprint density at radius 2 is 1.92 bits per heavy atom. The van der Waals surface area contributed by atoms with Crippen molar-refractivity contribution in [2.24, 2.45) is 5.92 Å². The van der Waals surface area contributed by atoms with Gasteiger partial charge in [0.2, 0.25) is 15.9 Å². The van der Waals surface area contributed by atoms with Crippen LogP contribution in [0.5, 0.6) is 0 Å². The van der Waals surface area contributed by atoms with E-state index < -0.39 is 21.7 Å². The van der Waals surface area contributed by atoms with Crippen LogP contribution in [-0.2, 0) is 14.8 Å². The number of nitrogens with one attached hydrogen (secondary N) is 1. The zero-order valence-corrected chi connectivity index (χ0v) is 14.4. The summed E-state index contributed by atoms with van der Waals surface area (Å²) in [6.07, 6.45) is 2.74. The second-order valence-corrected chi connectivity index (χ2v) is 7.84. The number of unbranched alkanes of at least 4 members (excludes halogenated alkanes) is 1. The Morgan fingerprint density at radius 3 is 2.50 bits per heavy atom. The maximum atomic E-state index is 13.3. The third kappa shape index (κ3) is 4.30. The zero-order chi connectivity index (χ0) is 17.7. The minimum absolute atomic E-state index is 0.0478. The normalized spacial score (nSPS) is 17.0. The topological polar surface area (TPSA) is 66.5 Å². The average Bonchev–Trinajstić information content (AvgIpc) is 2.57. The lowest BCUT2D eigenvalue weighted by molar-refractivity contribution is -0.126. The quantitative estimate of drug-likeness (QED) is 0.792. The lowest BCUT2D eigenvalue weighted by Gasteiger charge is -2.30. The van der Waals surface area contributed by atoms with Gasteiger partial charge in [0.1, 0.15) is 0 Å². The number of piperidine rings is 1. The van der Waals surface area contributed by atoms with Crippen LogP contribution in [-0.4, -0.2) is 38.3 Å². The molecule has 1 heterocycles. The summed E-state index contributed by atoms with van der Waals surface area (Å²) in [5.41, 5.74) is 0. The summed E-state index contributed by atoms with van der Waals surface area (Å²) in [6, 6.07) is 2.54. The van der Waals surface area contributed by atoms with Gasteiger partial charge in [0.05, 0.1) is 4.90 Å². The van der Waals surface area contributed by atoms with E-state index in [0.29, 0.717) is 25.5 Å². The number of nitrogens with zero attached hydrogens (tertiary/aromatic N) is 1. The number of benzene rings is 1. The molecule has 0 unspecified atom stereocenters. The molecule has 24 heavy (non-hydrogen) atoms. The fraction of sp³-hybridized carbons (Fsp3) is 0.562. The highest BCUT2D eigenvalue weighted by molar-refractivity contribution is 7.89. The number of hydrogen-bond donors (Lipinski definition) is 1. The first kappa shape index (κ1) is 18.8. The number of hydrogen-bond acceptors (Lipinski definition) is 3. The predicted octanol–water partition coefficient (Wildman–Crippen LogP) is 2.28. The minimum Gasteiger partial charge on any atom is -0.356 e. The van der Waals surface area contributed by atoms with Crippen LogP contribution in [0.25, 0.3) is 0 Å². The van der Waals surface area contributed by atoms with Gasteiger partial charge in [-0.15, -0.1) is 0 Å². The standard InChI is InChI=1S/C16H22F2N2O3S/c1-2-3-8-19-16(21)12-6-9-20(10-7-12)24(22,23)13-4-5-14(17)15(18)11-13/h4-5,11-12H,2-3,6-10H2,1H3,(H,19,21). The Labute approximate surface area is 141 Å². The molecule has 1 aliphatic rings. The van der Waals surface area contributed by atoms with Crippen molar-refractivity contribution in [1.82, 2.24) is 9.62 Å². The third-order valence-corrected chi connectivity index (χ3v) is 6.08. The van der Waals surface area contributed by atoms with Crippen LogP contribution in [0.4, 0.5) is 8.78 Å². The molecule has 2 rings (SSSR count). The van der Waals surface area contributed by atoms with E-state index in [1.165, 1.54) is 4.31 Å². The van der Waals surface area contributed by atoms with Crippen LogP contribution < -0.4 is 5.32 Å². The summed E-state index contributed by atoms with van der Waals surface area (Å²) in [4.78, 5) is 11.7. The van der Waals surface area contributed by atoms with Crippen LogP contribution in [0.3, 0.4) is 0 Å². The van der Waals surface area contributed by atoms with Gasteiger partial charge in [0, 0.05) is 25.6 Å². The van der Waals surface area contributed by atoms with Gasteiger partial charge in [0.15, 0.2) is 11.6 Å². The molecule has 0 bridgehead atoms. The van der Waals surface area contributed by atoms with E-state index in [1.54, 1.807) is 0 Å². The van der Waals surface area contributed by atoms with Gasteiger partial charge >= 0.3 is 0 Å². The Hall–Kier alpha value is -1.54. The van der Waals surface area contributed by atoms with Gasteiger partial charge in [-0.3, -0.25) is 4.79 Å². The monoisotopic (exact) mass is 360 g/mol. The van der Waals surface area contributed by atoms with E-state index in [2.05, 4.69) is 5.32 Å². The number of halogens is 2. The molecule has 0 saturated carbocycles. The van der Waals surface area contributed by atoms with Crippen LogP contribution in [0, 0.1) is 17.6 Å². The van der Waals surface area contributed by atoms with E-state index in [-0.39, 0.29) is 29.8 Å². The van der Waals surface area contributed by atoms with Gasteiger partial charge in [-0.2, -0.15) is 4.31 Å². The predicted molar refractivity (Wildman–Crippen MR) is 85.8 cm³/mol. The molecule has 5 nitrogen and oxygen atoms in total. The zero-order valence-electron chi connectivity index (χ0n) is 13.6. The van der Waals surface area contributed by atoms with E-state index >= 15 is 0 Å². The van der Waals surface area contributed by atoms with Crippen LogP contribution in [0.1, 0.15) is 32.6 Å². The van der Waals surface area contributed by atoms with Crippen molar-refractivity contribution < 1.29 is 22.0 Å². The summed E-state index contributed by atoms with van der Waals surface area (Å²) < 4.78 is 52.4. The van der Waals surface area contributed by atoms with Crippen molar-refractivity contribution in [1.29, 1.82) is 0 Å². The number of rotatable bonds is 6. The van der Waals surface area contributed by atoms with Gasteiger partial charge in [-0.1, -0.05) is 13.3 Å². The van der Waals surface area contributed by atoms with Gasteiger partial charge in [-0.05, 0) is 37.5 Å². The molecule has 1 aromatic carbocycles. The highest BCUT2D eigenvalue weighted by Crippen LogP contribution is 2.24. The largest absolute Gasteiger partial charge is 0.356 e. The summed E-state index contributed by atoms with van der Waals surface area (Å²) in [5.74, 6) is -2.54. The second-order valence-electron chi connectivity index (χ2n) is 5.90. The summed E-state index contributed by atoms with van der Waals surface area (Å²) in [5, 5.41) is 2.85. The van der Waals surface area contributed by atoms with E-state index in [1.807, 2.05) is 6.92 Å². The first-order chi connectivity index (χ1) is 11.4. The first-order valence-electron chi connectivity index (χ1n) is 8.09. The van der Waals surface area contributed by atoms with E-state index in [4.69, 9.17) is 0 Å². The molecule has 8 heteroatoms. The van der Waals surface area contributed by atoms with Crippen LogP contribution >= 0.6 is 0 Å². The Morgan fingerprint density at radius 1 is 1.25 bits per heavy atom. The van der Waals surface area contributed by atoms with Crippen molar-refractivity contribution in [2.75, 3.05) is 19.6 Å². The molecule has 1 fully saturated rings. The maximum Gasteiger partial charge on any atom is 0.243 e. The van der Waals surface area contributed by atoms with Crippen molar-refractivity contribution in [3.63, 3.8) is 0 Å². The van der Waals surface area contributed by atoms with Crippen molar-refractivity contribution in [3.8, 4) is 0 Å². The highest BCUT2D eigenvalue weighted by Gasteiger charge is 2.32. The molecule has 134 valence electrons. The van der Waals surface area contributed by atoms with Crippen LogP contribution in [0.15, 0.2) is 23.1 Å². The summed E-state index contributed by atoms with van der Waals surface area (Å²) >= 11 is 0. The average molecular weight is 360 g/mol. The van der Waals surface area contributed by atoms with Gasteiger partial charge < -0.3 is 5.32 Å². The molecule has 1 aromatic rings. The molecular formula is C16H22F2N2O3S. The first-order valence-corrected chi connectivity index (χ1v) is 9.53. The molecule has 0 aromatic heterocycles. The fourth-order valence-electron chi connectivity index (χ4n) is 2.68. The SMILES string of the molecule is CCCCNC(=O)C1CCN(S(=O)(=O)c2ccc(F)c(F)c2)CC1. The highest BCUT2D eigenvalue weighted by atomic mass is 32.2. The number of carbonyl (C=O) groups excluding carboxylic acids is 1. The lowest BCUT2D eigenvalue weighted by Crippen LogP contribution is -2.43. The summed E-state index contributed by atoms with van der Waals surface area (Å²) in [6.45, 7) is 3.04. The number of carbonyl (C=O) groups is 1. The molecular weight excluding hydrogens is 338 g/mol. The van der Waals surface area contributed by atoms with Crippen molar-refractivity contribution in [2.45, 2.75) is 37.5 Å². The molecule has 1 aliphatic heterocycles. The summed E-state index contributed by atoms with van der Waals surface area (Å²) in [7, 11) is -3.88. The Balaban J connectivity index is 1.98. The molecule has 0 atom stereocenters. The molecule has 1 amide bonds. The maximum absolute atomic E-state index is 13.3. The number of amides is 1. The molecule has 1 saturated heterocycles. The van der Waals surface area contributed by atoms with Crippen molar-refractivity contribution >= 4 is 15.9 Å².